The summed E-state index contributed by atoms with van der Waals surface area (Å²) in [4.78, 5) is 10.8. The number of aromatic nitrogens is 2. The Hall–Kier alpha value is -1.83. The second-order valence-electron chi connectivity index (χ2n) is 1.75. The highest BCUT2D eigenvalue weighted by Gasteiger charge is 2.05. The van der Waals surface area contributed by atoms with Gasteiger partial charge in [-0.2, -0.15) is 10.4 Å². The van der Waals surface area contributed by atoms with Crippen molar-refractivity contribution in [1.29, 1.82) is 5.26 Å². The summed E-state index contributed by atoms with van der Waals surface area (Å²) in [7, 11) is 1.37. The van der Waals surface area contributed by atoms with Gasteiger partial charge in [-0.25, -0.2) is 5.10 Å². The number of ether oxygens (including phenoxy) is 1. The van der Waals surface area contributed by atoms with Gasteiger partial charge in [0, 0.05) is 0 Å². The van der Waals surface area contributed by atoms with Crippen molar-refractivity contribution >= 4 is 0 Å². The predicted octanol–water partition coefficient (Wildman–Crippen LogP) is -0.350. The summed E-state index contributed by atoms with van der Waals surface area (Å²) in [5.41, 5.74) is -0.589. The molecule has 11 heavy (non-hydrogen) atoms. The summed E-state index contributed by atoms with van der Waals surface area (Å²) in [6, 6.07) is 1.71. The molecule has 0 saturated carbocycles. The fourth-order valence-electron chi connectivity index (χ4n) is 0.643. The van der Waals surface area contributed by atoms with Gasteiger partial charge in [0.1, 0.15) is 6.07 Å². The van der Waals surface area contributed by atoms with Gasteiger partial charge in [0.2, 0.25) is 0 Å². The van der Waals surface area contributed by atoms with E-state index in [1.807, 2.05) is 0 Å². The minimum absolute atomic E-state index is 0.0532. The summed E-state index contributed by atoms with van der Waals surface area (Å²) in [6.07, 6.45) is 1.28. The van der Waals surface area contributed by atoms with E-state index in [9.17, 15) is 4.79 Å². The van der Waals surface area contributed by atoms with Crippen LogP contribution < -0.4 is 10.3 Å². The van der Waals surface area contributed by atoms with Crippen LogP contribution in [0, 0.1) is 11.3 Å². The zero-order valence-electron chi connectivity index (χ0n) is 5.79. The Kier molecular flexibility index (Phi) is 1.88. The molecule has 0 bridgehead atoms. The first kappa shape index (κ1) is 7.28. The SMILES string of the molecule is COc1cn[nH]c(=O)c1C#N. The monoisotopic (exact) mass is 151 g/mol. The first-order valence-electron chi connectivity index (χ1n) is 2.81. The first-order chi connectivity index (χ1) is 5.29. The summed E-state index contributed by atoms with van der Waals surface area (Å²) in [5, 5.41) is 14.0. The van der Waals surface area contributed by atoms with Crippen molar-refractivity contribution in [2.24, 2.45) is 0 Å². The highest BCUT2D eigenvalue weighted by atomic mass is 16.5. The van der Waals surface area contributed by atoms with Crippen LogP contribution in [0.25, 0.3) is 0 Å². The number of hydrogen-bond donors (Lipinski definition) is 1. The molecule has 0 spiro atoms. The van der Waals surface area contributed by atoms with E-state index in [2.05, 4.69) is 10.2 Å². The van der Waals surface area contributed by atoms with Crippen molar-refractivity contribution in [3.05, 3.63) is 22.1 Å². The molecule has 0 aliphatic heterocycles. The Labute approximate surface area is 62.2 Å². The number of nitrogens with one attached hydrogen (secondary N) is 1. The van der Waals surface area contributed by atoms with Crippen molar-refractivity contribution in [1.82, 2.24) is 10.2 Å². The average Bonchev–Trinajstić information content (AvgIpc) is 2.04. The quantitative estimate of drug-likeness (QED) is 0.595. The zero-order valence-corrected chi connectivity index (χ0v) is 5.79. The second kappa shape index (κ2) is 2.84. The van der Waals surface area contributed by atoms with Crippen molar-refractivity contribution in [2.45, 2.75) is 0 Å². The highest BCUT2D eigenvalue weighted by Crippen LogP contribution is 2.08. The van der Waals surface area contributed by atoms with Crippen LogP contribution in [0.5, 0.6) is 5.75 Å². The van der Waals surface area contributed by atoms with E-state index in [1.165, 1.54) is 13.3 Å². The van der Waals surface area contributed by atoms with Gasteiger partial charge in [-0.05, 0) is 0 Å². The van der Waals surface area contributed by atoms with Crippen LogP contribution in [0.3, 0.4) is 0 Å². The van der Waals surface area contributed by atoms with Gasteiger partial charge < -0.3 is 4.74 Å². The molecule has 5 nitrogen and oxygen atoms in total. The molecule has 5 heteroatoms. The van der Waals surface area contributed by atoms with E-state index in [-0.39, 0.29) is 11.3 Å². The largest absolute Gasteiger partial charge is 0.493 e. The number of methoxy groups -OCH3 is 1. The van der Waals surface area contributed by atoms with Crippen molar-refractivity contribution < 1.29 is 4.74 Å². The maximum atomic E-state index is 10.8. The standard InChI is InChI=1S/C6H5N3O2/c1-11-5-3-8-9-6(10)4(5)2-7/h3H,1H3,(H,9,10). The van der Waals surface area contributed by atoms with Gasteiger partial charge in [-0.15, -0.1) is 0 Å². The second-order valence-corrected chi connectivity index (χ2v) is 1.75. The fourth-order valence-corrected chi connectivity index (χ4v) is 0.643. The highest BCUT2D eigenvalue weighted by molar-refractivity contribution is 5.38. The van der Waals surface area contributed by atoms with Crippen molar-refractivity contribution in [3.63, 3.8) is 0 Å². The molecular weight excluding hydrogens is 146 g/mol. The van der Waals surface area contributed by atoms with Crippen LogP contribution in [0.15, 0.2) is 11.0 Å². The Morgan fingerprint density at radius 3 is 3.00 bits per heavy atom. The molecule has 1 heterocycles. The van der Waals surface area contributed by atoms with Crippen LogP contribution in [-0.2, 0) is 0 Å². The number of hydrogen-bond acceptors (Lipinski definition) is 4. The minimum atomic E-state index is -0.535. The minimum Gasteiger partial charge on any atom is -0.493 e. The molecule has 0 amide bonds. The van der Waals surface area contributed by atoms with Crippen LogP contribution in [0.1, 0.15) is 5.56 Å². The van der Waals surface area contributed by atoms with Gasteiger partial charge in [0.25, 0.3) is 5.56 Å². The van der Waals surface area contributed by atoms with Gasteiger partial charge in [-0.1, -0.05) is 0 Å². The van der Waals surface area contributed by atoms with E-state index in [0.717, 1.165) is 0 Å². The van der Waals surface area contributed by atoms with Gasteiger partial charge in [0.05, 0.1) is 13.3 Å². The van der Waals surface area contributed by atoms with Crippen molar-refractivity contribution in [2.75, 3.05) is 7.11 Å². The maximum Gasteiger partial charge on any atom is 0.285 e. The molecule has 0 atom stereocenters. The molecule has 56 valence electrons. The van der Waals surface area contributed by atoms with Gasteiger partial charge in [0.15, 0.2) is 11.3 Å². The lowest BCUT2D eigenvalue weighted by Gasteiger charge is -1.97. The number of aromatic amines is 1. The summed E-state index contributed by atoms with van der Waals surface area (Å²) in [5.74, 6) is 0.191. The predicted molar refractivity (Wildman–Crippen MR) is 36.1 cm³/mol. The van der Waals surface area contributed by atoms with E-state index in [4.69, 9.17) is 10.00 Å². The number of rotatable bonds is 1. The Morgan fingerprint density at radius 1 is 1.82 bits per heavy atom. The molecule has 1 aromatic heterocycles. The van der Waals surface area contributed by atoms with Crippen LogP contribution >= 0.6 is 0 Å². The van der Waals surface area contributed by atoms with Gasteiger partial charge in [-0.3, -0.25) is 4.79 Å². The normalized spacial score (nSPS) is 8.73. The topological polar surface area (TPSA) is 78.8 Å². The molecule has 0 radical (unpaired) electrons. The van der Waals surface area contributed by atoms with Crippen LogP contribution in [-0.4, -0.2) is 17.3 Å². The molecule has 1 rings (SSSR count). The summed E-state index contributed by atoms with van der Waals surface area (Å²) in [6.45, 7) is 0. The van der Waals surface area contributed by atoms with E-state index >= 15 is 0 Å². The molecule has 1 N–H and O–H groups in total. The lowest BCUT2D eigenvalue weighted by atomic mass is 10.3. The Morgan fingerprint density at radius 2 is 2.55 bits per heavy atom. The third kappa shape index (κ3) is 1.19. The zero-order chi connectivity index (χ0) is 8.27. The van der Waals surface area contributed by atoms with Crippen LogP contribution in [0.4, 0.5) is 0 Å². The third-order valence-corrected chi connectivity index (χ3v) is 1.15. The maximum absolute atomic E-state index is 10.8. The van der Waals surface area contributed by atoms with Gasteiger partial charge >= 0.3 is 0 Å². The lowest BCUT2D eigenvalue weighted by molar-refractivity contribution is 0.409. The number of nitrogens with zero attached hydrogens (tertiary/aromatic N) is 2. The molecular formula is C6H5N3O2. The van der Waals surface area contributed by atoms with E-state index < -0.39 is 5.56 Å². The molecule has 0 aliphatic rings. The smallest absolute Gasteiger partial charge is 0.285 e. The summed E-state index contributed by atoms with van der Waals surface area (Å²) < 4.78 is 4.71. The summed E-state index contributed by atoms with van der Waals surface area (Å²) >= 11 is 0. The third-order valence-electron chi connectivity index (χ3n) is 1.15. The molecule has 0 unspecified atom stereocenters. The van der Waals surface area contributed by atoms with E-state index in [1.54, 1.807) is 6.07 Å². The lowest BCUT2D eigenvalue weighted by Crippen LogP contribution is -2.12. The Bertz CT molecular complexity index is 350. The Balaban J connectivity index is 3.40. The molecule has 0 aliphatic carbocycles. The number of H-pyrrole nitrogens is 1. The molecule has 0 fully saturated rings. The molecule has 0 aromatic carbocycles. The first-order valence-corrected chi connectivity index (χ1v) is 2.81. The van der Waals surface area contributed by atoms with Crippen molar-refractivity contribution in [3.8, 4) is 11.8 Å². The molecule has 1 aromatic rings. The fraction of sp³-hybridized carbons (Fsp3) is 0.167. The van der Waals surface area contributed by atoms with Crippen LogP contribution in [0.2, 0.25) is 0 Å². The van der Waals surface area contributed by atoms with E-state index in [0.29, 0.717) is 0 Å². The average molecular weight is 151 g/mol. The number of nitriles is 1. The molecule has 0 saturated heterocycles.